The number of hydrogen-bond donors (Lipinski definition) is 1. The first-order valence-corrected chi connectivity index (χ1v) is 6.88. The summed E-state index contributed by atoms with van der Waals surface area (Å²) in [5.41, 5.74) is 0.656. The van der Waals surface area contributed by atoms with E-state index < -0.39 is 0 Å². The van der Waals surface area contributed by atoms with E-state index in [1.54, 1.807) is 19.2 Å². The number of carbonyl (C=O) groups is 1. The third kappa shape index (κ3) is 3.85. The number of piperidine rings is 1. The number of methoxy groups -OCH3 is 1. The molecule has 19 heavy (non-hydrogen) atoms. The summed E-state index contributed by atoms with van der Waals surface area (Å²) in [5.74, 6) is 0.427. The van der Waals surface area contributed by atoms with Crippen LogP contribution in [0, 0.1) is 5.92 Å². The molecule has 0 saturated carbocycles. The first-order valence-electron chi connectivity index (χ1n) is 6.50. The van der Waals surface area contributed by atoms with Crippen molar-refractivity contribution in [3.05, 3.63) is 29.3 Å². The molecule has 1 saturated heterocycles. The van der Waals surface area contributed by atoms with Crippen LogP contribution in [0.5, 0.6) is 0 Å². The molecule has 1 N–H and O–H groups in total. The number of likely N-dealkylation sites (tertiary alicyclic amines) is 1. The van der Waals surface area contributed by atoms with Crippen molar-refractivity contribution in [1.29, 1.82) is 0 Å². The van der Waals surface area contributed by atoms with Gasteiger partial charge in [-0.25, -0.2) is 4.79 Å². The van der Waals surface area contributed by atoms with Gasteiger partial charge in [-0.2, -0.15) is 0 Å². The molecule has 1 fully saturated rings. The van der Waals surface area contributed by atoms with E-state index in [4.69, 9.17) is 16.3 Å². The van der Waals surface area contributed by atoms with Crippen LogP contribution in [-0.4, -0.2) is 37.7 Å². The summed E-state index contributed by atoms with van der Waals surface area (Å²) in [4.78, 5) is 14.0. The lowest BCUT2D eigenvalue weighted by Gasteiger charge is -2.32. The van der Waals surface area contributed by atoms with Crippen LogP contribution >= 0.6 is 11.6 Å². The molecule has 1 aromatic carbocycles. The summed E-state index contributed by atoms with van der Waals surface area (Å²) in [6.45, 7) is 2.23. The Morgan fingerprint density at radius 3 is 3.05 bits per heavy atom. The molecule has 0 spiro atoms. The van der Waals surface area contributed by atoms with Gasteiger partial charge in [-0.05, 0) is 25.0 Å². The first-order chi connectivity index (χ1) is 9.20. The SMILES string of the molecule is COCC1CCCN(C(=O)Nc2ccccc2Cl)C1. The standard InChI is InChI=1S/C14H19ClN2O2/c1-19-10-11-5-4-8-17(9-11)14(18)16-13-7-3-2-6-12(13)15/h2-3,6-7,11H,4-5,8-10H2,1H3,(H,16,18). The van der Waals surface area contributed by atoms with Crippen molar-refractivity contribution in [2.45, 2.75) is 12.8 Å². The number of benzene rings is 1. The van der Waals surface area contributed by atoms with Crippen LogP contribution in [0.25, 0.3) is 0 Å². The minimum atomic E-state index is -0.0890. The summed E-state index contributed by atoms with van der Waals surface area (Å²) < 4.78 is 5.17. The van der Waals surface area contributed by atoms with Crippen molar-refractivity contribution in [3.8, 4) is 0 Å². The lowest BCUT2D eigenvalue weighted by molar-refractivity contribution is 0.104. The van der Waals surface area contributed by atoms with Crippen LogP contribution in [0.15, 0.2) is 24.3 Å². The van der Waals surface area contributed by atoms with Gasteiger partial charge in [0, 0.05) is 26.1 Å². The molecule has 104 valence electrons. The van der Waals surface area contributed by atoms with Gasteiger partial charge in [0.2, 0.25) is 0 Å². The van der Waals surface area contributed by atoms with Gasteiger partial charge < -0.3 is 15.0 Å². The molecule has 2 rings (SSSR count). The number of para-hydroxylation sites is 1. The number of amides is 2. The normalized spacial score (nSPS) is 19.3. The summed E-state index contributed by atoms with van der Waals surface area (Å²) >= 11 is 6.03. The zero-order chi connectivity index (χ0) is 13.7. The van der Waals surface area contributed by atoms with E-state index in [2.05, 4.69) is 5.32 Å². The number of hydrogen-bond acceptors (Lipinski definition) is 2. The molecular weight excluding hydrogens is 264 g/mol. The molecule has 1 unspecified atom stereocenters. The Kier molecular flexibility index (Phi) is 5.05. The molecular formula is C14H19ClN2O2. The van der Waals surface area contributed by atoms with Crippen LogP contribution in [-0.2, 0) is 4.74 Å². The van der Waals surface area contributed by atoms with Crippen molar-refractivity contribution < 1.29 is 9.53 Å². The molecule has 1 aliphatic heterocycles. The van der Waals surface area contributed by atoms with Gasteiger partial charge in [-0.3, -0.25) is 0 Å². The van der Waals surface area contributed by atoms with Gasteiger partial charge in [0.1, 0.15) is 0 Å². The van der Waals surface area contributed by atoms with E-state index in [1.165, 1.54) is 0 Å². The van der Waals surface area contributed by atoms with Crippen LogP contribution in [0.4, 0.5) is 10.5 Å². The number of carbonyl (C=O) groups excluding carboxylic acids is 1. The Labute approximate surface area is 118 Å². The quantitative estimate of drug-likeness (QED) is 0.925. The lowest BCUT2D eigenvalue weighted by atomic mass is 9.99. The van der Waals surface area contributed by atoms with Gasteiger partial charge in [-0.1, -0.05) is 23.7 Å². The number of anilines is 1. The Morgan fingerprint density at radius 1 is 1.53 bits per heavy atom. The van der Waals surface area contributed by atoms with E-state index in [-0.39, 0.29) is 6.03 Å². The second-order valence-electron chi connectivity index (χ2n) is 4.82. The number of ether oxygens (including phenoxy) is 1. The number of nitrogens with zero attached hydrogens (tertiary/aromatic N) is 1. The molecule has 1 atom stereocenters. The molecule has 4 nitrogen and oxygen atoms in total. The molecule has 1 heterocycles. The summed E-state index contributed by atoms with van der Waals surface area (Å²) in [6, 6.07) is 7.17. The average Bonchev–Trinajstić information content (AvgIpc) is 2.42. The molecule has 0 aromatic heterocycles. The molecule has 5 heteroatoms. The summed E-state index contributed by atoms with van der Waals surface area (Å²) in [5, 5.41) is 3.41. The smallest absolute Gasteiger partial charge is 0.321 e. The zero-order valence-electron chi connectivity index (χ0n) is 11.1. The van der Waals surface area contributed by atoms with E-state index >= 15 is 0 Å². The van der Waals surface area contributed by atoms with Gasteiger partial charge in [0.25, 0.3) is 0 Å². The molecule has 1 aliphatic rings. The molecule has 2 amide bonds. The Bertz CT molecular complexity index is 437. The zero-order valence-corrected chi connectivity index (χ0v) is 11.8. The Morgan fingerprint density at radius 2 is 2.32 bits per heavy atom. The van der Waals surface area contributed by atoms with Crippen molar-refractivity contribution in [1.82, 2.24) is 4.90 Å². The van der Waals surface area contributed by atoms with E-state index in [9.17, 15) is 4.79 Å². The monoisotopic (exact) mass is 282 g/mol. The highest BCUT2D eigenvalue weighted by atomic mass is 35.5. The Balaban J connectivity index is 1.94. The van der Waals surface area contributed by atoms with Crippen LogP contribution in [0.1, 0.15) is 12.8 Å². The van der Waals surface area contributed by atoms with Crippen molar-refractivity contribution >= 4 is 23.3 Å². The second-order valence-corrected chi connectivity index (χ2v) is 5.23. The minimum Gasteiger partial charge on any atom is -0.384 e. The van der Waals surface area contributed by atoms with Crippen LogP contribution in [0.3, 0.4) is 0 Å². The van der Waals surface area contributed by atoms with Crippen LogP contribution < -0.4 is 5.32 Å². The number of urea groups is 1. The number of rotatable bonds is 3. The summed E-state index contributed by atoms with van der Waals surface area (Å²) in [6.07, 6.45) is 2.13. The van der Waals surface area contributed by atoms with E-state index in [1.807, 2.05) is 17.0 Å². The highest BCUT2D eigenvalue weighted by Gasteiger charge is 2.23. The fourth-order valence-corrected chi connectivity index (χ4v) is 2.56. The van der Waals surface area contributed by atoms with Crippen molar-refractivity contribution in [2.24, 2.45) is 5.92 Å². The minimum absolute atomic E-state index is 0.0890. The van der Waals surface area contributed by atoms with Crippen molar-refractivity contribution in [3.63, 3.8) is 0 Å². The third-order valence-electron chi connectivity index (χ3n) is 3.32. The maximum absolute atomic E-state index is 12.2. The highest BCUT2D eigenvalue weighted by Crippen LogP contribution is 2.22. The van der Waals surface area contributed by atoms with Gasteiger partial charge in [0.15, 0.2) is 0 Å². The lowest BCUT2D eigenvalue weighted by Crippen LogP contribution is -2.43. The van der Waals surface area contributed by atoms with E-state index in [0.29, 0.717) is 23.2 Å². The average molecular weight is 283 g/mol. The summed E-state index contributed by atoms with van der Waals surface area (Å²) in [7, 11) is 1.70. The maximum atomic E-state index is 12.2. The fourth-order valence-electron chi connectivity index (χ4n) is 2.38. The maximum Gasteiger partial charge on any atom is 0.321 e. The van der Waals surface area contributed by atoms with Crippen molar-refractivity contribution in [2.75, 3.05) is 32.1 Å². The third-order valence-corrected chi connectivity index (χ3v) is 3.65. The van der Waals surface area contributed by atoms with E-state index in [0.717, 1.165) is 25.9 Å². The topological polar surface area (TPSA) is 41.6 Å². The molecule has 1 aromatic rings. The van der Waals surface area contributed by atoms with Gasteiger partial charge in [0.05, 0.1) is 17.3 Å². The fraction of sp³-hybridized carbons (Fsp3) is 0.500. The largest absolute Gasteiger partial charge is 0.384 e. The molecule has 0 radical (unpaired) electrons. The first kappa shape index (κ1) is 14.2. The predicted octanol–water partition coefficient (Wildman–Crippen LogP) is 3.23. The van der Waals surface area contributed by atoms with Gasteiger partial charge >= 0.3 is 6.03 Å². The molecule has 0 aliphatic carbocycles. The highest BCUT2D eigenvalue weighted by molar-refractivity contribution is 6.33. The number of halogens is 1. The predicted molar refractivity (Wildman–Crippen MR) is 76.6 cm³/mol. The second kappa shape index (κ2) is 6.78. The van der Waals surface area contributed by atoms with Gasteiger partial charge in [-0.15, -0.1) is 0 Å². The Hall–Kier alpha value is -1.26. The van der Waals surface area contributed by atoms with Crippen LogP contribution in [0.2, 0.25) is 5.02 Å². The number of nitrogens with one attached hydrogen (secondary N) is 1. The molecule has 0 bridgehead atoms.